The van der Waals surface area contributed by atoms with Crippen molar-refractivity contribution in [3.05, 3.63) is 22.3 Å². The molecule has 18 heavy (non-hydrogen) atoms. The van der Waals surface area contributed by atoms with Crippen LogP contribution in [0.5, 0.6) is 0 Å². The quantitative estimate of drug-likeness (QED) is 0.648. The lowest BCUT2D eigenvalue weighted by Crippen LogP contribution is -2.38. The summed E-state index contributed by atoms with van der Waals surface area (Å²) in [6.45, 7) is 2.48. The lowest BCUT2D eigenvalue weighted by Gasteiger charge is -2.36. The van der Waals surface area contributed by atoms with Crippen LogP contribution in [0.4, 0.5) is 0 Å². The maximum absolute atomic E-state index is 12.2. The summed E-state index contributed by atoms with van der Waals surface area (Å²) in [5, 5.41) is 0. The zero-order valence-corrected chi connectivity index (χ0v) is 10.8. The maximum Gasteiger partial charge on any atom is 0.173 e. The molecule has 0 saturated heterocycles. The molecule has 0 N–H and O–H groups in total. The van der Waals surface area contributed by atoms with E-state index in [4.69, 9.17) is 4.99 Å². The van der Waals surface area contributed by atoms with Gasteiger partial charge in [-0.2, -0.15) is 0 Å². The van der Waals surface area contributed by atoms with Gasteiger partial charge in [0.05, 0.1) is 6.54 Å². The summed E-state index contributed by atoms with van der Waals surface area (Å²) in [6, 6.07) is 0. The molecule has 2 aliphatic heterocycles. The lowest BCUT2D eigenvalue weighted by atomic mass is 9.71. The number of ketones is 1. The molecule has 3 nitrogen and oxygen atoms in total. The van der Waals surface area contributed by atoms with Gasteiger partial charge in [-0.1, -0.05) is 0 Å². The van der Waals surface area contributed by atoms with Gasteiger partial charge in [-0.05, 0) is 49.5 Å². The van der Waals surface area contributed by atoms with E-state index >= 15 is 0 Å². The normalized spacial score (nSPS) is 31.5. The first kappa shape index (κ1) is 10.7. The van der Waals surface area contributed by atoms with E-state index in [0.717, 1.165) is 37.9 Å². The van der Waals surface area contributed by atoms with Gasteiger partial charge in [0.15, 0.2) is 5.78 Å². The van der Waals surface area contributed by atoms with Crippen molar-refractivity contribution in [3.63, 3.8) is 0 Å². The van der Waals surface area contributed by atoms with Crippen LogP contribution in [0, 0.1) is 5.92 Å². The van der Waals surface area contributed by atoms with Crippen LogP contribution < -0.4 is 0 Å². The fourth-order valence-electron chi connectivity index (χ4n) is 4.01. The van der Waals surface area contributed by atoms with Crippen molar-refractivity contribution in [1.82, 2.24) is 4.90 Å². The Bertz CT molecular complexity index is 539. The number of hydrogen-bond acceptors (Lipinski definition) is 3. The van der Waals surface area contributed by atoms with Crippen LogP contribution in [0.15, 0.2) is 27.3 Å². The number of hydrogen-bond donors (Lipinski definition) is 0. The van der Waals surface area contributed by atoms with E-state index in [-0.39, 0.29) is 0 Å². The molecule has 0 fully saturated rings. The fourth-order valence-corrected chi connectivity index (χ4v) is 4.01. The average Bonchev–Trinajstić information content (AvgIpc) is 2.76. The van der Waals surface area contributed by atoms with Gasteiger partial charge in [-0.15, -0.1) is 0 Å². The molecule has 0 radical (unpaired) electrons. The third-order valence-electron chi connectivity index (χ3n) is 4.74. The van der Waals surface area contributed by atoms with Gasteiger partial charge < -0.3 is 0 Å². The molecule has 4 rings (SSSR count). The van der Waals surface area contributed by atoms with Crippen LogP contribution in [0.2, 0.25) is 0 Å². The Hall–Kier alpha value is -1.22. The number of aliphatic imine (C=N–C) groups is 1. The Balaban J connectivity index is 1.88. The highest BCUT2D eigenvalue weighted by Crippen LogP contribution is 2.45. The summed E-state index contributed by atoms with van der Waals surface area (Å²) >= 11 is 0. The molecule has 94 valence electrons. The summed E-state index contributed by atoms with van der Waals surface area (Å²) in [4.78, 5) is 19.1. The smallest absolute Gasteiger partial charge is 0.173 e. The van der Waals surface area contributed by atoms with Crippen molar-refractivity contribution in [3.8, 4) is 0 Å². The van der Waals surface area contributed by atoms with Gasteiger partial charge in [0.25, 0.3) is 0 Å². The van der Waals surface area contributed by atoms with Crippen molar-refractivity contribution in [2.24, 2.45) is 10.9 Å². The molecule has 0 bridgehead atoms. The lowest BCUT2D eigenvalue weighted by molar-refractivity contribution is -0.117. The van der Waals surface area contributed by atoms with Gasteiger partial charge >= 0.3 is 0 Å². The average molecular weight is 242 g/mol. The van der Waals surface area contributed by atoms with E-state index in [0.29, 0.717) is 18.2 Å². The zero-order valence-electron chi connectivity index (χ0n) is 10.8. The van der Waals surface area contributed by atoms with Crippen LogP contribution in [-0.4, -0.2) is 43.1 Å². The van der Waals surface area contributed by atoms with E-state index in [9.17, 15) is 4.79 Å². The molecule has 4 aliphatic rings. The van der Waals surface area contributed by atoms with Crippen LogP contribution in [0.25, 0.3) is 0 Å². The molecule has 0 spiro atoms. The molecular weight excluding hydrogens is 224 g/mol. The molecule has 0 saturated carbocycles. The molecular formula is C15H18N2O. The summed E-state index contributed by atoms with van der Waals surface area (Å²) in [7, 11) is 2.05. The first-order valence-electron chi connectivity index (χ1n) is 6.95. The van der Waals surface area contributed by atoms with E-state index in [2.05, 4.69) is 4.90 Å². The third-order valence-corrected chi connectivity index (χ3v) is 4.74. The Morgan fingerprint density at radius 3 is 2.94 bits per heavy atom. The Morgan fingerprint density at radius 2 is 2.06 bits per heavy atom. The van der Waals surface area contributed by atoms with Crippen molar-refractivity contribution in [1.29, 1.82) is 0 Å². The highest BCUT2D eigenvalue weighted by Gasteiger charge is 2.39. The molecule has 2 heterocycles. The van der Waals surface area contributed by atoms with E-state index in [1.54, 1.807) is 0 Å². The molecule has 1 atom stereocenters. The Labute approximate surface area is 107 Å². The SMILES string of the molecule is CN1CC(=O)C2=C(C1)C1=C3C(=NCC3C2)CCC1. The summed E-state index contributed by atoms with van der Waals surface area (Å²) < 4.78 is 0. The summed E-state index contributed by atoms with van der Waals surface area (Å²) in [6.07, 6.45) is 4.47. The topological polar surface area (TPSA) is 32.7 Å². The number of Topliss-reactive ketones (excluding diaryl/α,β-unsaturated/α-hetero) is 1. The van der Waals surface area contributed by atoms with Crippen LogP contribution >= 0.6 is 0 Å². The van der Waals surface area contributed by atoms with Crippen LogP contribution in [0.1, 0.15) is 25.7 Å². The predicted molar refractivity (Wildman–Crippen MR) is 70.8 cm³/mol. The molecule has 2 aliphatic carbocycles. The van der Waals surface area contributed by atoms with E-state index in [1.807, 2.05) is 7.05 Å². The predicted octanol–water partition coefficient (Wildman–Crippen LogP) is 1.75. The third kappa shape index (κ3) is 1.34. The van der Waals surface area contributed by atoms with Crippen molar-refractivity contribution in [2.75, 3.05) is 26.7 Å². The van der Waals surface area contributed by atoms with Gasteiger partial charge in [0, 0.05) is 30.3 Å². The van der Waals surface area contributed by atoms with Gasteiger partial charge in [0.1, 0.15) is 0 Å². The van der Waals surface area contributed by atoms with Crippen molar-refractivity contribution < 1.29 is 4.79 Å². The Morgan fingerprint density at radius 1 is 1.17 bits per heavy atom. The fraction of sp³-hybridized carbons (Fsp3) is 0.600. The minimum Gasteiger partial charge on any atom is -0.295 e. The van der Waals surface area contributed by atoms with E-state index < -0.39 is 0 Å². The molecule has 0 aromatic heterocycles. The first-order chi connectivity index (χ1) is 8.74. The van der Waals surface area contributed by atoms with Gasteiger partial charge in [-0.25, -0.2) is 0 Å². The number of carbonyl (C=O) groups excluding carboxylic acids is 1. The minimum absolute atomic E-state index is 0.351. The number of rotatable bonds is 0. The van der Waals surface area contributed by atoms with Crippen molar-refractivity contribution >= 4 is 11.5 Å². The number of fused-ring (bicyclic) bond motifs is 1. The second-order valence-electron chi connectivity index (χ2n) is 5.99. The van der Waals surface area contributed by atoms with Gasteiger partial charge in [-0.3, -0.25) is 14.7 Å². The molecule has 0 aromatic rings. The second kappa shape index (κ2) is 3.64. The van der Waals surface area contributed by atoms with Crippen LogP contribution in [0.3, 0.4) is 0 Å². The van der Waals surface area contributed by atoms with Gasteiger partial charge in [0.2, 0.25) is 0 Å². The monoisotopic (exact) mass is 242 g/mol. The molecule has 0 amide bonds. The molecule has 3 heteroatoms. The minimum atomic E-state index is 0.351. The standard InChI is InChI=1S/C15H18N2O/c1-17-7-12-10-3-2-4-13-15(10)9(6-16-13)5-11(12)14(18)8-17/h9H,2-8H2,1H3. The highest BCUT2D eigenvalue weighted by atomic mass is 16.1. The summed E-state index contributed by atoms with van der Waals surface area (Å²) in [5.74, 6) is 0.880. The van der Waals surface area contributed by atoms with Crippen molar-refractivity contribution in [2.45, 2.75) is 25.7 Å². The Kier molecular flexibility index (Phi) is 2.16. The van der Waals surface area contributed by atoms with Crippen LogP contribution in [-0.2, 0) is 4.79 Å². The maximum atomic E-state index is 12.2. The zero-order chi connectivity index (χ0) is 12.3. The first-order valence-corrected chi connectivity index (χ1v) is 6.95. The molecule has 0 aromatic carbocycles. The second-order valence-corrected chi connectivity index (χ2v) is 5.99. The highest BCUT2D eigenvalue weighted by molar-refractivity contribution is 6.07. The molecule has 1 unspecified atom stereocenters. The number of nitrogens with zero attached hydrogens (tertiary/aromatic N) is 2. The summed E-state index contributed by atoms with van der Waals surface area (Å²) in [5.41, 5.74) is 6.87. The largest absolute Gasteiger partial charge is 0.295 e. The van der Waals surface area contributed by atoms with E-state index in [1.165, 1.54) is 28.9 Å². The number of carbonyl (C=O) groups is 1. The number of likely N-dealkylation sites (N-methyl/N-ethyl adjacent to an activating group) is 1.